The van der Waals surface area contributed by atoms with E-state index in [1.54, 1.807) is 0 Å². The van der Waals surface area contributed by atoms with E-state index in [0.717, 1.165) is 52.7 Å². The minimum absolute atomic E-state index is 0.0146. The molecule has 2 aliphatic rings. The van der Waals surface area contributed by atoms with Crippen molar-refractivity contribution in [3.05, 3.63) is 77.4 Å². The van der Waals surface area contributed by atoms with Gasteiger partial charge in [-0.1, -0.05) is 31.2 Å². The fourth-order valence-electron chi connectivity index (χ4n) is 4.94. The summed E-state index contributed by atoms with van der Waals surface area (Å²) >= 11 is 0. The number of nitrogens with zero attached hydrogens (tertiary/aromatic N) is 2. The van der Waals surface area contributed by atoms with Crippen molar-refractivity contribution < 1.29 is 19.0 Å². The van der Waals surface area contributed by atoms with Crippen LogP contribution in [0.25, 0.3) is 0 Å². The molecule has 36 heavy (non-hydrogen) atoms. The Bertz CT molecular complexity index is 1320. The van der Waals surface area contributed by atoms with Gasteiger partial charge in [-0.2, -0.15) is 5.26 Å². The molecule has 7 nitrogen and oxygen atoms in total. The lowest BCUT2D eigenvalue weighted by Gasteiger charge is -2.26. The highest BCUT2D eigenvalue weighted by atomic mass is 16.5. The van der Waals surface area contributed by atoms with E-state index in [0.29, 0.717) is 25.2 Å². The standard InChI is InChI=1S/C29H29N3O4/c1-3-12-32(22-7-4-6-19(13-22)16-30)26-9-5-8-24-25(18-36-29(24)26)31-21-10-11-23-20(14-28(33)34-2)17-35-27(23)15-21/h4-11,13,15,20,25,31H,3,12,14,17-18H2,1-2H3/t20-,25-/m1/s1. The van der Waals surface area contributed by atoms with Crippen LogP contribution in [0.15, 0.2) is 60.7 Å². The molecule has 0 aliphatic carbocycles. The van der Waals surface area contributed by atoms with Gasteiger partial charge in [0.05, 0.1) is 43.5 Å². The summed E-state index contributed by atoms with van der Waals surface area (Å²) < 4.78 is 16.9. The number of anilines is 3. The van der Waals surface area contributed by atoms with E-state index in [4.69, 9.17) is 14.2 Å². The normalized spacial score (nSPS) is 17.2. The van der Waals surface area contributed by atoms with Crippen LogP contribution in [0.4, 0.5) is 17.1 Å². The number of carbonyl (C=O) groups excluding carboxylic acids is 1. The van der Waals surface area contributed by atoms with E-state index in [9.17, 15) is 10.1 Å². The van der Waals surface area contributed by atoms with Gasteiger partial charge in [0.2, 0.25) is 0 Å². The minimum atomic E-state index is -0.231. The Morgan fingerprint density at radius 2 is 1.97 bits per heavy atom. The van der Waals surface area contributed by atoms with Crippen molar-refractivity contribution in [1.29, 1.82) is 5.26 Å². The van der Waals surface area contributed by atoms with Crippen molar-refractivity contribution in [2.45, 2.75) is 31.7 Å². The maximum atomic E-state index is 11.7. The van der Waals surface area contributed by atoms with Gasteiger partial charge in [0.1, 0.15) is 18.1 Å². The van der Waals surface area contributed by atoms with Crippen molar-refractivity contribution in [3.63, 3.8) is 0 Å². The number of nitriles is 1. The number of benzene rings is 3. The maximum absolute atomic E-state index is 11.7. The number of para-hydroxylation sites is 1. The van der Waals surface area contributed by atoms with Crippen LogP contribution in [0.2, 0.25) is 0 Å². The molecule has 0 spiro atoms. The molecule has 5 rings (SSSR count). The second-order valence-electron chi connectivity index (χ2n) is 9.06. The SMILES string of the molecule is CCCN(c1cccc(C#N)c1)c1cccc2c1OC[C@H]2Nc1ccc2c(c1)OC[C@H]2CC(=O)OC. The molecular formula is C29H29N3O4. The number of fused-ring (bicyclic) bond motifs is 2. The van der Waals surface area contributed by atoms with Crippen LogP contribution in [0, 0.1) is 11.3 Å². The second kappa shape index (κ2) is 10.2. The summed E-state index contributed by atoms with van der Waals surface area (Å²) in [6.45, 7) is 3.93. The van der Waals surface area contributed by atoms with Crippen molar-refractivity contribution in [1.82, 2.24) is 0 Å². The smallest absolute Gasteiger partial charge is 0.306 e. The van der Waals surface area contributed by atoms with Crippen LogP contribution in [-0.2, 0) is 9.53 Å². The summed E-state index contributed by atoms with van der Waals surface area (Å²) in [7, 11) is 1.41. The summed E-state index contributed by atoms with van der Waals surface area (Å²) in [4.78, 5) is 13.9. The summed E-state index contributed by atoms with van der Waals surface area (Å²) in [5.41, 5.74) is 5.67. The third-order valence-electron chi connectivity index (χ3n) is 6.69. The summed E-state index contributed by atoms with van der Waals surface area (Å²) in [6.07, 6.45) is 1.27. The Kier molecular flexibility index (Phi) is 6.68. The van der Waals surface area contributed by atoms with E-state index >= 15 is 0 Å². The highest BCUT2D eigenvalue weighted by molar-refractivity contribution is 5.74. The summed E-state index contributed by atoms with van der Waals surface area (Å²) in [5, 5.41) is 13.0. The Morgan fingerprint density at radius 3 is 2.78 bits per heavy atom. The van der Waals surface area contributed by atoms with Crippen LogP contribution in [0.5, 0.6) is 11.5 Å². The van der Waals surface area contributed by atoms with Gasteiger partial charge >= 0.3 is 5.97 Å². The Labute approximate surface area is 211 Å². The van der Waals surface area contributed by atoms with Crippen LogP contribution < -0.4 is 19.7 Å². The average molecular weight is 484 g/mol. The average Bonchev–Trinajstić information content (AvgIpc) is 3.51. The first-order valence-electron chi connectivity index (χ1n) is 12.2. The molecule has 7 heteroatoms. The van der Waals surface area contributed by atoms with Crippen LogP contribution in [-0.4, -0.2) is 32.8 Å². The van der Waals surface area contributed by atoms with Crippen molar-refractivity contribution in [3.8, 4) is 17.6 Å². The predicted octanol–water partition coefficient (Wildman–Crippen LogP) is 5.69. The number of rotatable bonds is 8. The number of carbonyl (C=O) groups is 1. The minimum Gasteiger partial charge on any atom is -0.493 e. The Morgan fingerprint density at radius 1 is 1.11 bits per heavy atom. The van der Waals surface area contributed by atoms with E-state index in [1.807, 2.05) is 42.5 Å². The summed E-state index contributed by atoms with van der Waals surface area (Å²) in [5.74, 6) is 1.45. The number of hydrogen-bond acceptors (Lipinski definition) is 7. The molecule has 0 fully saturated rings. The Balaban J connectivity index is 1.38. The molecule has 0 saturated carbocycles. The molecule has 0 unspecified atom stereocenters. The van der Waals surface area contributed by atoms with Crippen LogP contribution in [0.3, 0.4) is 0 Å². The molecule has 0 bridgehead atoms. The molecular weight excluding hydrogens is 454 g/mol. The lowest BCUT2D eigenvalue weighted by atomic mass is 9.97. The predicted molar refractivity (Wildman–Crippen MR) is 138 cm³/mol. The quantitative estimate of drug-likeness (QED) is 0.412. The highest BCUT2D eigenvalue weighted by Gasteiger charge is 2.30. The van der Waals surface area contributed by atoms with Gasteiger partial charge < -0.3 is 24.4 Å². The molecule has 0 aromatic heterocycles. The molecule has 0 radical (unpaired) electrons. The zero-order valence-electron chi connectivity index (χ0n) is 20.5. The third kappa shape index (κ3) is 4.55. The highest BCUT2D eigenvalue weighted by Crippen LogP contribution is 2.45. The molecule has 2 heterocycles. The van der Waals surface area contributed by atoms with Crippen molar-refractivity contribution in [2.75, 3.05) is 37.1 Å². The van der Waals surface area contributed by atoms with Gasteiger partial charge in [0.15, 0.2) is 0 Å². The molecule has 2 aliphatic heterocycles. The molecule has 3 aromatic rings. The monoisotopic (exact) mass is 483 g/mol. The largest absolute Gasteiger partial charge is 0.493 e. The zero-order chi connectivity index (χ0) is 25.1. The van der Waals surface area contributed by atoms with E-state index in [2.05, 4.69) is 41.4 Å². The van der Waals surface area contributed by atoms with Crippen molar-refractivity contribution >= 4 is 23.0 Å². The topological polar surface area (TPSA) is 83.8 Å². The molecule has 1 N–H and O–H groups in total. The van der Waals surface area contributed by atoms with Gasteiger partial charge in [0, 0.05) is 41.0 Å². The second-order valence-corrected chi connectivity index (χ2v) is 9.06. The molecule has 184 valence electrons. The van der Waals surface area contributed by atoms with E-state index < -0.39 is 0 Å². The fourth-order valence-corrected chi connectivity index (χ4v) is 4.94. The first kappa shape index (κ1) is 23.6. The molecule has 3 aromatic carbocycles. The molecule has 2 atom stereocenters. The number of hydrogen-bond donors (Lipinski definition) is 1. The molecule has 0 saturated heterocycles. The number of methoxy groups -OCH3 is 1. The third-order valence-corrected chi connectivity index (χ3v) is 6.69. The number of ether oxygens (including phenoxy) is 3. The number of nitrogens with one attached hydrogen (secondary N) is 1. The maximum Gasteiger partial charge on any atom is 0.306 e. The Hall–Kier alpha value is -4.18. The van der Waals surface area contributed by atoms with Gasteiger partial charge in [-0.15, -0.1) is 0 Å². The number of esters is 1. The van der Waals surface area contributed by atoms with Crippen LogP contribution in [0.1, 0.15) is 48.4 Å². The lowest BCUT2D eigenvalue weighted by Crippen LogP contribution is -2.18. The van der Waals surface area contributed by atoms with Crippen molar-refractivity contribution in [2.24, 2.45) is 0 Å². The lowest BCUT2D eigenvalue weighted by molar-refractivity contribution is -0.141. The van der Waals surface area contributed by atoms with E-state index in [-0.39, 0.29) is 17.9 Å². The summed E-state index contributed by atoms with van der Waals surface area (Å²) in [6, 6.07) is 22.1. The zero-order valence-corrected chi connectivity index (χ0v) is 20.5. The first-order valence-corrected chi connectivity index (χ1v) is 12.2. The van der Waals surface area contributed by atoms with E-state index in [1.165, 1.54) is 7.11 Å². The van der Waals surface area contributed by atoms with Gasteiger partial charge in [-0.3, -0.25) is 4.79 Å². The fraction of sp³-hybridized carbons (Fsp3) is 0.310. The van der Waals surface area contributed by atoms with Gasteiger partial charge in [0.25, 0.3) is 0 Å². The van der Waals surface area contributed by atoms with Gasteiger partial charge in [-0.05, 0) is 36.8 Å². The molecule has 0 amide bonds. The first-order chi connectivity index (χ1) is 17.6. The van der Waals surface area contributed by atoms with Gasteiger partial charge in [-0.25, -0.2) is 0 Å². The van der Waals surface area contributed by atoms with Crippen LogP contribution >= 0.6 is 0 Å².